The van der Waals surface area contributed by atoms with E-state index in [1.165, 1.54) is 17.0 Å². The fourth-order valence-electron chi connectivity index (χ4n) is 4.88. The maximum atomic E-state index is 14.5. The van der Waals surface area contributed by atoms with Crippen molar-refractivity contribution < 1.29 is 22.7 Å². The molecule has 0 aromatic heterocycles. The number of nitrogens with zero attached hydrogens (tertiary/aromatic N) is 2. The molecule has 0 spiro atoms. The fourth-order valence-corrected chi connectivity index (χ4v) is 6.42. The van der Waals surface area contributed by atoms with Gasteiger partial charge in [0.15, 0.2) is 0 Å². The summed E-state index contributed by atoms with van der Waals surface area (Å²) in [5, 5.41) is 3.38. The Morgan fingerprint density at radius 1 is 0.867 bits per heavy atom. The van der Waals surface area contributed by atoms with Crippen LogP contribution < -0.4 is 14.4 Å². The second-order valence-corrected chi connectivity index (χ2v) is 13.3. The van der Waals surface area contributed by atoms with E-state index in [4.69, 9.17) is 16.3 Å². The van der Waals surface area contributed by atoms with Crippen LogP contribution in [0.3, 0.4) is 0 Å². The van der Waals surface area contributed by atoms with E-state index in [0.29, 0.717) is 10.8 Å². The number of sulfonamides is 1. The highest BCUT2D eigenvalue weighted by molar-refractivity contribution is 7.92. The van der Waals surface area contributed by atoms with Crippen molar-refractivity contribution in [2.45, 2.75) is 50.7 Å². The third kappa shape index (κ3) is 8.86. The molecule has 4 aromatic rings. The van der Waals surface area contributed by atoms with Crippen molar-refractivity contribution in [3.05, 3.63) is 125 Å². The second kappa shape index (κ2) is 15.1. The minimum Gasteiger partial charge on any atom is -0.497 e. The number of benzene rings is 4. The highest BCUT2D eigenvalue weighted by Gasteiger charge is 2.35. The van der Waals surface area contributed by atoms with Crippen molar-refractivity contribution in [2.75, 3.05) is 18.0 Å². The highest BCUT2D eigenvalue weighted by atomic mass is 35.5. The van der Waals surface area contributed by atoms with Crippen molar-refractivity contribution in [2.24, 2.45) is 0 Å². The number of hydrogen-bond donors (Lipinski definition) is 1. The molecule has 0 heterocycles. The largest absolute Gasteiger partial charge is 0.497 e. The Hall–Kier alpha value is -4.34. The molecule has 4 aromatic carbocycles. The molecule has 0 aliphatic carbocycles. The Kier molecular flexibility index (Phi) is 11.3. The van der Waals surface area contributed by atoms with Gasteiger partial charge in [-0.15, -0.1) is 0 Å². The molecule has 0 unspecified atom stereocenters. The lowest BCUT2D eigenvalue weighted by molar-refractivity contribution is -0.140. The summed E-state index contributed by atoms with van der Waals surface area (Å²) in [6.07, 6.45) is 0.223. The summed E-state index contributed by atoms with van der Waals surface area (Å²) in [4.78, 5) is 29.8. The van der Waals surface area contributed by atoms with Crippen molar-refractivity contribution >= 4 is 39.1 Å². The van der Waals surface area contributed by atoms with Crippen molar-refractivity contribution in [1.29, 1.82) is 0 Å². The fraction of sp³-hybridized carbons (Fsp3) is 0.257. The third-order valence-corrected chi connectivity index (χ3v) is 9.23. The Balaban J connectivity index is 1.81. The van der Waals surface area contributed by atoms with Gasteiger partial charge < -0.3 is 15.0 Å². The summed E-state index contributed by atoms with van der Waals surface area (Å²) >= 11 is 6.13. The first-order valence-corrected chi connectivity index (χ1v) is 16.4. The Bertz CT molecular complexity index is 1700. The van der Waals surface area contributed by atoms with E-state index in [1.807, 2.05) is 57.2 Å². The quantitative estimate of drug-likeness (QED) is 0.192. The van der Waals surface area contributed by atoms with Crippen LogP contribution in [0.5, 0.6) is 5.75 Å². The van der Waals surface area contributed by atoms with Crippen molar-refractivity contribution in [3.8, 4) is 5.75 Å². The molecule has 0 saturated heterocycles. The maximum absolute atomic E-state index is 14.5. The Morgan fingerprint density at radius 2 is 1.51 bits per heavy atom. The number of methoxy groups -OCH3 is 1. The van der Waals surface area contributed by atoms with Crippen LogP contribution in [0.4, 0.5) is 5.69 Å². The molecule has 236 valence electrons. The van der Waals surface area contributed by atoms with Crippen molar-refractivity contribution in [3.63, 3.8) is 0 Å². The summed E-state index contributed by atoms with van der Waals surface area (Å²) < 4.78 is 34.7. The smallest absolute Gasteiger partial charge is 0.264 e. The van der Waals surface area contributed by atoms with Crippen LogP contribution in [0, 0.1) is 6.92 Å². The van der Waals surface area contributed by atoms with Crippen LogP contribution in [-0.2, 0) is 32.6 Å². The number of carbonyl (C=O) groups excluding carboxylic acids is 2. The molecule has 0 saturated carbocycles. The van der Waals surface area contributed by atoms with Crippen LogP contribution in [0.1, 0.15) is 30.5 Å². The lowest BCUT2D eigenvalue weighted by Crippen LogP contribution is -2.54. The van der Waals surface area contributed by atoms with Gasteiger partial charge in [-0.3, -0.25) is 13.9 Å². The predicted molar refractivity (Wildman–Crippen MR) is 178 cm³/mol. The number of halogens is 1. The van der Waals surface area contributed by atoms with Gasteiger partial charge in [0, 0.05) is 24.0 Å². The molecular weight excluding hydrogens is 610 g/mol. The molecule has 4 rings (SSSR count). The average Bonchev–Trinajstić information content (AvgIpc) is 3.02. The molecule has 0 aliphatic heterocycles. The molecular formula is C35H38ClN3O5S. The molecule has 8 nitrogen and oxygen atoms in total. The lowest BCUT2D eigenvalue weighted by atomic mass is 10.0. The van der Waals surface area contributed by atoms with E-state index < -0.39 is 28.5 Å². The minimum absolute atomic E-state index is 0.0357. The molecule has 2 amide bonds. The number of hydrogen-bond acceptors (Lipinski definition) is 5. The van der Waals surface area contributed by atoms with E-state index in [-0.39, 0.29) is 35.5 Å². The van der Waals surface area contributed by atoms with Gasteiger partial charge in [0.2, 0.25) is 11.8 Å². The topological polar surface area (TPSA) is 96.0 Å². The summed E-state index contributed by atoms with van der Waals surface area (Å²) in [5.74, 6) is -0.302. The van der Waals surface area contributed by atoms with Gasteiger partial charge in [-0.25, -0.2) is 8.42 Å². The average molecular weight is 648 g/mol. The highest BCUT2D eigenvalue weighted by Crippen LogP contribution is 2.27. The molecule has 1 N–H and O–H groups in total. The number of ether oxygens (including phenoxy) is 1. The summed E-state index contributed by atoms with van der Waals surface area (Å²) in [7, 11) is -2.65. The monoisotopic (exact) mass is 647 g/mol. The van der Waals surface area contributed by atoms with E-state index >= 15 is 0 Å². The molecule has 0 fully saturated rings. The first-order valence-electron chi connectivity index (χ1n) is 14.6. The predicted octanol–water partition coefficient (Wildman–Crippen LogP) is 6.02. The third-order valence-electron chi connectivity index (χ3n) is 7.19. The van der Waals surface area contributed by atoms with Gasteiger partial charge in [0.05, 0.1) is 17.7 Å². The Labute approximate surface area is 270 Å². The van der Waals surface area contributed by atoms with Gasteiger partial charge in [0.25, 0.3) is 10.0 Å². The number of rotatable bonds is 13. The lowest BCUT2D eigenvalue weighted by Gasteiger charge is -2.34. The molecule has 0 aliphatic rings. The Morgan fingerprint density at radius 3 is 2.13 bits per heavy atom. The SMILES string of the molecule is COc1cccc(CN(C(=O)CN(c2ccc(Cl)cc2)S(=O)(=O)c2ccc(C)cc2)[C@H](Cc2ccccc2)C(=O)NC(C)C)c1. The zero-order chi connectivity index (χ0) is 32.6. The summed E-state index contributed by atoms with van der Waals surface area (Å²) in [5.41, 5.74) is 2.73. The number of nitrogens with one attached hydrogen (secondary N) is 1. The zero-order valence-electron chi connectivity index (χ0n) is 25.8. The molecule has 45 heavy (non-hydrogen) atoms. The number of carbonyl (C=O) groups is 2. The first-order chi connectivity index (χ1) is 21.5. The molecule has 0 bridgehead atoms. The summed E-state index contributed by atoms with van der Waals surface area (Å²) in [6, 6.07) is 28.2. The number of anilines is 1. The van der Waals surface area contributed by atoms with Crippen LogP contribution in [0.25, 0.3) is 0 Å². The van der Waals surface area contributed by atoms with Crippen LogP contribution in [-0.4, -0.2) is 50.9 Å². The minimum atomic E-state index is -4.20. The van der Waals surface area contributed by atoms with E-state index in [0.717, 1.165) is 21.0 Å². The van der Waals surface area contributed by atoms with Gasteiger partial charge in [-0.05, 0) is 80.4 Å². The van der Waals surface area contributed by atoms with Gasteiger partial charge >= 0.3 is 0 Å². The van der Waals surface area contributed by atoms with Crippen molar-refractivity contribution in [1.82, 2.24) is 10.2 Å². The van der Waals surface area contributed by atoms with Gasteiger partial charge in [-0.2, -0.15) is 0 Å². The number of aryl methyl sites for hydroxylation is 1. The molecule has 1 atom stereocenters. The van der Waals surface area contributed by atoms with E-state index in [2.05, 4.69) is 5.32 Å². The second-order valence-electron chi connectivity index (χ2n) is 11.0. The standard InChI is InChI=1S/C35H38ClN3O5S/c1-25(2)37-35(41)33(22-27-9-6-5-7-10-27)38(23-28-11-8-12-31(21-28)44-4)34(40)24-39(30-17-15-29(36)16-18-30)45(42,43)32-19-13-26(3)14-20-32/h5-21,25,33H,22-24H2,1-4H3,(H,37,41)/t33-/m1/s1. The summed E-state index contributed by atoms with van der Waals surface area (Å²) in [6.45, 7) is 5.05. The molecule has 10 heteroatoms. The zero-order valence-corrected chi connectivity index (χ0v) is 27.4. The number of amides is 2. The van der Waals surface area contributed by atoms with E-state index in [1.54, 1.807) is 61.7 Å². The normalized spacial score (nSPS) is 12.0. The van der Waals surface area contributed by atoms with Crippen LogP contribution in [0.15, 0.2) is 108 Å². The van der Waals surface area contributed by atoms with Crippen LogP contribution in [0.2, 0.25) is 5.02 Å². The molecule has 0 radical (unpaired) electrons. The van der Waals surface area contributed by atoms with Gasteiger partial charge in [0.1, 0.15) is 18.3 Å². The maximum Gasteiger partial charge on any atom is 0.264 e. The van der Waals surface area contributed by atoms with Gasteiger partial charge in [-0.1, -0.05) is 71.8 Å². The van der Waals surface area contributed by atoms with Crippen LogP contribution >= 0.6 is 11.6 Å². The van der Waals surface area contributed by atoms with E-state index in [9.17, 15) is 18.0 Å². The first kappa shape index (κ1) is 33.6.